The van der Waals surface area contributed by atoms with E-state index in [9.17, 15) is 14.7 Å². The summed E-state index contributed by atoms with van der Waals surface area (Å²) in [6, 6.07) is 14.4. The van der Waals surface area contributed by atoms with Crippen molar-refractivity contribution in [3.8, 4) is 0 Å². The van der Waals surface area contributed by atoms with Crippen molar-refractivity contribution in [2.24, 2.45) is 0 Å². The van der Waals surface area contributed by atoms with Gasteiger partial charge >= 0.3 is 0 Å². The van der Waals surface area contributed by atoms with E-state index in [0.29, 0.717) is 16.3 Å². The Bertz CT molecular complexity index is 1240. The van der Waals surface area contributed by atoms with E-state index < -0.39 is 17.7 Å². The zero-order valence-corrected chi connectivity index (χ0v) is 19.5. The van der Waals surface area contributed by atoms with Crippen molar-refractivity contribution in [3.63, 3.8) is 0 Å². The summed E-state index contributed by atoms with van der Waals surface area (Å²) >= 11 is 1.27. The number of aliphatic hydroxyl groups is 1. The average Bonchev–Trinajstić information content (AvgIpc) is 3.23. The summed E-state index contributed by atoms with van der Waals surface area (Å²) < 4.78 is 0. The molecule has 0 saturated heterocycles. The van der Waals surface area contributed by atoms with E-state index in [-0.39, 0.29) is 11.4 Å². The first kappa shape index (κ1) is 21.8. The van der Waals surface area contributed by atoms with E-state index >= 15 is 0 Å². The topological polar surface area (TPSA) is 73.7 Å². The van der Waals surface area contributed by atoms with Crippen LogP contribution in [-0.2, 0) is 4.79 Å². The van der Waals surface area contributed by atoms with Gasteiger partial charge in [0.25, 0.3) is 5.91 Å². The molecule has 7 heteroatoms. The largest absolute Gasteiger partial charge is 0.503 e. The van der Waals surface area contributed by atoms with Gasteiger partial charge in [-0.3, -0.25) is 14.5 Å². The summed E-state index contributed by atoms with van der Waals surface area (Å²) in [5, 5.41) is 11.7. The highest BCUT2D eigenvalue weighted by Crippen LogP contribution is 2.43. The summed E-state index contributed by atoms with van der Waals surface area (Å²) in [6.07, 6.45) is 0. The zero-order chi connectivity index (χ0) is 23.2. The number of carbonyl (C=O) groups is 2. The van der Waals surface area contributed by atoms with Gasteiger partial charge in [-0.1, -0.05) is 24.3 Å². The van der Waals surface area contributed by atoms with E-state index in [0.717, 1.165) is 21.8 Å². The first-order valence-electron chi connectivity index (χ1n) is 10.3. The van der Waals surface area contributed by atoms with Crippen LogP contribution >= 0.6 is 11.3 Å². The van der Waals surface area contributed by atoms with Crippen LogP contribution in [0.1, 0.15) is 37.5 Å². The molecule has 0 aliphatic carbocycles. The van der Waals surface area contributed by atoms with Crippen LogP contribution in [0.4, 0.5) is 11.4 Å². The third kappa shape index (κ3) is 3.58. The second kappa shape index (κ2) is 8.24. The maximum atomic E-state index is 13.6. The Morgan fingerprint density at radius 1 is 1.06 bits per heavy atom. The summed E-state index contributed by atoms with van der Waals surface area (Å²) in [7, 11) is 3.88. The molecule has 164 valence electrons. The Balaban J connectivity index is 1.88. The second-order valence-corrected chi connectivity index (χ2v) is 9.29. The summed E-state index contributed by atoms with van der Waals surface area (Å²) in [4.78, 5) is 35.2. The number of hydrogen-bond donors (Lipinski definition) is 1. The summed E-state index contributed by atoms with van der Waals surface area (Å²) in [5.74, 6) is -1.46. The molecule has 32 heavy (non-hydrogen) atoms. The fraction of sp³-hybridized carbons (Fsp3) is 0.240. The Labute approximate surface area is 191 Å². The Kier molecular flexibility index (Phi) is 5.60. The molecule has 1 aliphatic heterocycles. The Hall–Kier alpha value is -3.45. The number of nitrogens with zero attached hydrogens (tertiary/aromatic N) is 3. The number of aliphatic hydroxyl groups excluding tert-OH is 1. The van der Waals surface area contributed by atoms with Crippen molar-refractivity contribution in [2.45, 2.75) is 26.8 Å². The maximum Gasteiger partial charge on any atom is 0.294 e. The number of ketones is 1. The average molecular weight is 448 g/mol. The molecule has 2 aromatic carbocycles. The van der Waals surface area contributed by atoms with Crippen LogP contribution in [0.25, 0.3) is 0 Å². The van der Waals surface area contributed by atoms with Crippen LogP contribution < -0.4 is 9.80 Å². The van der Waals surface area contributed by atoms with E-state index in [1.807, 2.05) is 81.4 Å². The standard InChI is InChI=1S/C25H25N3O3S/c1-14-8-6-7-9-19(14)21-20(22(29)24-15(2)26-16(3)32-24)23(30)25(31)28(21)18-12-10-17(11-13-18)27(4)5/h6-13,21,30H,1-5H3. The molecule has 1 aliphatic rings. The predicted molar refractivity (Wildman–Crippen MR) is 128 cm³/mol. The zero-order valence-electron chi connectivity index (χ0n) is 18.7. The number of thiazole rings is 1. The molecule has 3 aromatic rings. The van der Waals surface area contributed by atoms with Crippen LogP contribution in [0, 0.1) is 20.8 Å². The molecule has 0 saturated carbocycles. The van der Waals surface area contributed by atoms with Crippen LogP contribution in [0.2, 0.25) is 0 Å². The number of rotatable bonds is 5. The van der Waals surface area contributed by atoms with Crippen LogP contribution in [0.5, 0.6) is 0 Å². The summed E-state index contributed by atoms with van der Waals surface area (Å²) in [5.41, 5.74) is 4.01. The second-order valence-electron chi connectivity index (χ2n) is 8.08. The minimum atomic E-state index is -0.733. The normalized spacial score (nSPS) is 16.1. The lowest BCUT2D eigenvalue weighted by atomic mass is 9.92. The van der Waals surface area contributed by atoms with Crippen molar-refractivity contribution < 1.29 is 14.7 Å². The molecule has 1 amide bonds. The minimum Gasteiger partial charge on any atom is -0.503 e. The number of amides is 1. The molecular weight excluding hydrogens is 422 g/mol. The fourth-order valence-corrected chi connectivity index (χ4v) is 4.94. The minimum absolute atomic E-state index is 0.0905. The van der Waals surface area contributed by atoms with E-state index in [2.05, 4.69) is 4.98 Å². The molecule has 0 radical (unpaired) electrons. The molecule has 4 rings (SSSR count). The van der Waals surface area contributed by atoms with Gasteiger partial charge in [0.2, 0.25) is 5.78 Å². The molecule has 0 bridgehead atoms. The van der Waals surface area contributed by atoms with Gasteiger partial charge in [-0.15, -0.1) is 11.3 Å². The molecule has 1 N–H and O–H groups in total. The Morgan fingerprint density at radius 3 is 2.28 bits per heavy atom. The van der Waals surface area contributed by atoms with Gasteiger partial charge in [0.15, 0.2) is 5.76 Å². The van der Waals surface area contributed by atoms with Crippen LogP contribution in [0.15, 0.2) is 59.9 Å². The number of anilines is 2. The number of aromatic nitrogens is 1. The molecular formula is C25H25N3O3S. The SMILES string of the molecule is Cc1nc(C)c(C(=O)C2=C(O)C(=O)N(c3ccc(N(C)C)cc3)C2c2ccccc2C)s1. The third-order valence-corrected chi connectivity index (χ3v) is 6.76. The van der Waals surface area contributed by atoms with Crippen molar-refractivity contribution in [1.29, 1.82) is 0 Å². The van der Waals surface area contributed by atoms with E-state index in [1.54, 1.807) is 6.92 Å². The first-order valence-corrected chi connectivity index (χ1v) is 11.1. The van der Waals surface area contributed by atoms with Gasteiger partial charge in [0.05, 0.1) is 27.2 Å². The molecule has 1 aromatic heterocycles. The first-order chi connectivity index (χ1) is 15.2. The van der Waals surface area contributed by atoms with E-state index in [4.69, 9.17) is 0 Å². The summed E-state index contributed by atoms with van der Waals surface area (Å²) in [6.45, 7) is 5.54. The van der Waals surface area contributed by atoms with Gasteiger partial charge in [-0.25, -0.2) is 4.98 Å². The number of hydrogen-bond acceptors (Lipinski definition) is 6. The molecule has 1 atom stereocenters. The van der Waals surface area contributed by atoms with Gasteiger partial charge in [0.1, 0.15) is 0 Å². The highest BCUT2D eigenvalue weighted by molar-refractivity contribution is 7.14. The maximum absolute atomic E-state index is 13.6. The third-order valence-electron chi connectivity index (χ3n) is 5.69. The quantitative estimate of drug-likeness (QED) is 0.562. The van der Waals surface area contributed by atoms with E-state index in [1.165, 1.54) is 16.2 Å². The number of aryl methyl sites for hydroxylation is 3. The van der Waals surface area contributed by atoms with Crippen molar-refractivity contribution in [1.82, 2.24) is 4.98 Å². The van der Waals surface area contributed by atoms with Crippen LogP contribution in [-0.4, -0.2) is 35.9 Å². The highest BCUT2D eigenvalue weighted by Gasteiger charge is 2.45. The smallest absolute Gasteiger partial charge is 0.294 e. The lowest BCUT2D eigenvalue weighted by molar-refractivity contribution is -0.117. The molecule has 0 fully saturated rings. The van der Waals surface area contributed by atoms with Crippen molar-refractivity contribution >= 4 is 34.4 Å². The van der Waals surface area contributed by atoms with Gasteiger partial charge < -0.3 is 10.0 Å². The monoisotopic (exact) mass is 447 g/mol. The molecule has 0 spiro atoms. The van der Waals surface area contributed by atoms with Gasteiger partial charge in [-0.05, 0) is 56.2 Å². The van der Waals surface area contributed by atoms with Crippen molar-refractivity contribution in [3.05, 3.63) is 86.6 Å². The van der Waals surface area contributed by atoms with Gasteiger partial charge in [-0.2, -0.15) is 0 Å². The Morgan fingerprint density at radius 2 is 1.72 bits per heavy atom. The van der Waals surface area contributed by atoms with Crippen molar-refractivity contribution in [2.75, 3.05) is 23.9 Å². The predicted octanol–water partition coefficient (Wildman–Crippen LogP) is 4.92. The number of carbonyl (C=O) groups excluding carboxylic acids is 2. The highest BCUT2D eigenvalue weighted by atomic mass is 32.1. The molecule has 6 nitrogen and oxygen atoms in total. The lowest BCUT2D eigenvalue weighted by Gasteiger charge is -2.28. The molecule has 1 unspecified atom stereocenters. The fourth-order valence-electron chi connectivity index (χ4n) is 4.07. The van der Waals surface area contributed by atoms with Crippen LogP contribution in [0.3, 0.4) is 0 Å². The number of benzene rings is 2. The van der Waals surface area contributed by atoms with Gasteiger partial charge in [0, 0.05) is 25.5 Å². The lowest BCUT2D eigenvalue weighted by Crippen LogP contribution is -2.31. The number of Topliss-reactive ketones (excluding diaryl/α,β-unsaturated/α-hetero) is 1. The molecule has 2 heterocycles.